The Morgan fingerprint density at radius 2 is 2.12 bits per heavy atom. The molecule has 2 rings (SSSR count). The maximum absolute atomic E-state index is 10.0. The number of rotatable bonds is 3. The fourth-order valence-corrected chi connectivity index (χ4v) is 2.71. The zero-order chi connectivity index (χ0) is 11.7. The molecule has 0 amide bonds. The molecular weight excluding hydrogens is 212 g/mol. The van der Waals surface area contributed by atoms with E-state index >= 15 is 0 Å². The van der Waals surface area contributed by atoms with Gasteiger partial charge in [0.15, 0.2) is 6.29 Å². The third-order valence-electron chi connectivity index (χ3n) is 3.44. The van der Waals surface area contributed by atoms with Gasteiger partial charge in [-0.3, -0.25) is 0 Å². The van der Waals surface area contributed by atoms with Crippen LogP contribution >= 0.6 is 0 Å². The lowest BCUT2D eigenvalue weighted by molar-refractivity contribution is -0.132. The summed E-state index contributed by atoms with van der Waals surface area (Å²) in [6.07, 6.45) is -0.724. The first kappa shape index (κ1) is 12.0. The molecule has 0 unspecified atom stereocenters. The fraction of sp³-hybridized carbons (Fsp3) is 0.818. The minimum atomic E-state index is -0.755. The molecule has 16 heavy (non-hydrogen) atoms. The minimum absolute atomic E-state index is 0.0841. The van der Waals surface area contributed by atoms with E-state index in [1.165, 1.54) is 0 Å². The lowest BCUT2D eigenvalue weighted by Gasteiger charge is -2.31. The molecular formula is C11H18O5. The lowest BCUT2D eigenvalue weighted by Crippen LogP contribution is -2.36. The van der Waals surface area contributed by atoms with E-state index in [0.717, 1.165) is 12.0 Å². The van der Waals surface area contributed by atoms with E-state index in [0.29, 0.717) is 12.2 Å². The second-order valence-corrected chi connectivity index (χ2v) is 4.12. The third-order valence-corrected chi connectivity index (χ3v) is 3.44. The Hall–Kier alpha value is -0.460. The number of aliphatic hydroxyl groups excluding tert-OH is 2. The van der Waals surface area contributed by atoms with Crippen molar-refractivity contribution in [2.45, 2.75) is 24.9 Å². The third kappa shape index (κ3) is 1.69. The molecule has 5 heteroatoms. The van der Waals surface area contributed by atoms with Crippen molar-refractivity contribution < 1.29 is 24.4 Å². The van der Waals surface area contributed by atoms with Crippen LogP contribution in [0, 0.1) is 5.92 Å². The van der Waals surface area contributed by atoms with Gasteiger partial charge in [-0.1, -0.05) is 0 Å². The topological polar surface area (TPSA) is 68.2 Å². The van der Waals surface area contributed by atoms with Gasteiger partial charge in [0.2, 0.25) is 0 Å². The summed E-state index contributed by atoms with van der Waals surface area (Å²) in [6.45, 7) is 0.397. The molecule has 0 aromatic rings. The zero-order valence-electron chi connectivity index (χ0n) is 9.55. The van der Waals surface area contributed by atoms with Crippen molar-refractivity contribution in [2.24, 2.45) is 5.92 Å². The van der Waals surface area contributed by atoms with Gasteiger partial charge in [-0.15, -0.1) is 0 Å². The van der Waals surface area contributed by atoms with Gasteiger partial charge in [0.1, 0.15) is 6.10 Å². The van der Waals surface area contributed by atoms with Gasteiger partial charge in [0, 0.05) is 20.1 Å². The van der Waals surface area contributed by atoms with E-state index in [-0.39, 0.29) is 18.6 Å². The SMILES string of the molecule is CO[C@@H]1OCC[C@@H]2C1=C(CO)[C@H](O)[C@H]2OC. The average Bonchev–Trinajstić information content (AvgIpc) is 2.59. The van der Waals surface area contributed by atoms with Gasteiger partial charge in [0.25, 0.3) is 0 Å². The van der Waals surface area contributed by atoms with Crippen LogP contribution in [0.25, 0.3) is 0 Å². The van der Waals surface area contributed by atoms with Gasteiger partial charge in [-0.25, -0.2) is 0 Å². The van der Waals surface area contributed by atoms with E-state index in [9.17, 15) is 10.2 Å². The maximum atomic E-state index is 10.0. The van der Waals surface area contributed by atoms with Crippen LogP contribution in [-0.4, -0.2) is 56.1 Å². The van der Waals surface area contributed by atoms with Crippen LogP contribution in [0.2, 0.25) is 0 Å². The van der Waals surface area contributed by atoms with Crippen LogP contribution in [0.5, 0.6) is 0 Å². The van der Waals surface area contributed by atoms with E-state index in [2.05, 4.69) is 0 Å². The first-order valence-corrected chi connectivity index (χ1v) is 5.43. The summed E-state index contributed by atoms with van der Waals surface area (Å²) >= 11 is 0. The van der Waals surface area contributed by atoms with Crippen LogP contribution in [0.15, 0.2) is 11.1 Å². The van der Waals surface area contributed by atoms with Crippen molar-refractivity contribution in [3.05, 3.63) is 11.1 Å². The van der Waals surface area contributed by atoms with Crippen molar-refractivity contribution in [1.29, 1.82) is 0 Å². The quantitative estimate of drug-likeness (QED) is 0.650. The van der Waals surface area contributed by atoms with Gasteiger partial charge in [0.05, 0.1) is 19.3 Å². The number of aliphatic hydroxyl groups is 2. The number of hydrogen-bond donors (Lipinski definition) is 2. The van der Waals surface area contributed by atoms with Crippen LogP contribution < -0.4 is 0 Å². The smallest absolute Gasteiger partial charge is 0.180 e. The molecule has 0 bridgehead atoms. The molecule has 0 spiro atoms. The van der Waals surface area contributed by atoms with Crippen LogP contribution in [0.4, 0.5) is 0 Å². The molecule has 1 saturated heterocycles. The Morgan fingerprint density at radius 3 is 2.69 bits per heavy atom. The molecule has 0 aromatic heterocycles. The standard InChI is InChI=1S/C11H18O5/c1-14-10-6-3-4-16-11(15-2)8(6)7(5-12)9(10)13/h6,9-13H,3-5H2,1-2H3/t6-,9+,10+,11-/m1/s1. The lowest BCUT2D eigenvalue weighted by atomic mass is 9.92. The Balaban J connectivity index is 2.33. The molecule has 92 valence electrons. The maximum Gasteiger partial charge on any atom is 0.180 e. The zero-order valence-corrected chi connectivity index (χ0v) is 9.55. The molecule has 0 saturated carbocycles. The highest BCUT2D eigenvalue weighted by atomic mass is 16.7. The largest absolute Gasteiger partial charge is 0.392 e. The molecule has 1 aliphatic carbocycles. The molecule has 4 atom stereocenters. The summed E-state index contributed by atoms with van der Waals surface area (Å²) in [7, 11) is 3.13. The minimum Gasteiger partial charge on any atom is -0.392 e. The summed E-state index contributed by atoms with van der Waals surface area (Å²) in [4.78, 5) is 0. The Morgan fingerprint density at radius 1 is 1.38 bits per heavy atom. The number of fused-ring (bicyclic) bond motifs is 1. The van der Waals surface area contributed by atoms with E-state index < -0.39 is 12.4 Å². The Labute approximate surface area is 94.6 Å². The van der Waals surface area contributed by atoms with Crippen LogP contribution in [0.3, 0.4) is 0 Å². The average molecular weight is 230 g/mol. The first-order valence-electron chi connectivity index (χ1n) is 5.43. The van der Waals surface area contributed by atoms with Gasteiger partial charge < -0.3 is 24.4 Å². The van der Waals surface area contributed by atoms with Crippen molar-refractivity contribution in [1.82, 2.24) is 0 Å². The van der Waals surface area contributed by atoms with E-state index in [1.807, 2.05) is 0 Å². The summed E-state index contributed by atoms with van der Waals surface area (Å²) in [5.74, 6) is 0.0841. The normalized spacial score (nSPS) is 39.0. The van der Waals surface area contributed by atoms with Gasteiger partial charge >= 0.3 is 0 Å². The second-order valence-electron chi connectivity index (χ2n) is 4.12. The Bertz CT molecular complexity index is 288. The predicted molar refractivity (Wildman–Crippen MR) is 55.8 cm³/mol. The molecule has 0 aromatic carbocycles. The first-order chi connectivity index (χ1) is 7.74. The highest BCUT2D eigenvalue weighted by molar-refractivity contribution is 5.33. The van der Waals surface area contributed by atoms with Crippen molar-refractivity contribution >= 4 is 0 Å². The van der Waals surface area contributed by atoms with Gasteiger partial charge in [-0.2, -0.15) is 0 Å². The summed E-state index contributed by atoms with van der Waals surface area (Å²) in [6, 6.07) is 0. The number of methoxy groups -OCH3 is 2. The molecule has 0 radical (unpaired) electrons. The number of ether oxygens (including phenoxy) is 3. The van der Waals surface area contributed by atoms with E-state index in [4.69, 9.17) is 14.2 Å². The van der Waals surface area contributed by atoms with Crippen LogP contribution in [0.1, 0.15) is 6.42 Å². The second kappa shape index (κ2) is 4.81. The van der Waals surface area contributed by atoms with Crippen molar-refractivity contribution in [3.8, 4) is 0 Å². The fourth-order valence-electron chi connectivity index (χ4n) is 2.71. The molecule has 2 aliphatic rings. The molecule has 1 fully saturated rings. The summed E-state index contributed by atoms with van der Waals surface area (Å²) in [5.41, 5.74) is 1.44. The summed E-state index contributed by atoms with van der Waals surface area (Å²) < 4.78 is 16.0. The Kier molecular flexibility index (Phi) is 3.61. The summed E-state index contributed by atoms with van der Waals surface area (Å²) in [5, 5.41) is 19.4. The van der Waals surface area contributed by atoms with Gasteiger partial charge in [-0.05, 0) is 17.6 Å². The molecule has 1 aliphatic heterocycles. The monoisotopic (exact) mass is 230 g/mol. The van der Waals surface area contributed by atoms with Crippen LogP contribution in [-0.2, 0) is 14.2 Å². The molecule has 1 heterocycles. The number of hydrogen-bond acceptors (Lipinski definition) is 5. The highest BCUT2D eigenvalue weighted by Gasteiger charge is 2.46. The van der Waals surface area contributed by atoms with E-state index in [1.54, 1.807) is 14.2 Å². The highest BCUT2D eigenvalue weighted by Crippen LogP contribution is 2.41. The molecule has 5 nitrogen and oxygen atoms in total. The molecule has 2 N–H and O–H groups in total. The van der Waals surface area contributed by atoms with Crippen molar-refractivity contribution in [3.63, 3.8) is 0 Å². The predicted octanol–water partition coefficient (Wildman–Crippen LogP) is -0.326. The van der Waals surface area contributed by atoms with Crippen molar-refractivity contribution in [2.75, 3.05) is 27.4 Å².